The van der Waals surface area contributed by atoms with Gasteiger partial charge in [0.25, 0.3) is 5.56 Å². The van der Waals surface area contributed by atoms with Crippen LogP contribution in [0, 0.1) is 5.92 Å². The predicted molar refractivity (Wildman–Crippen MR) is 91.9 cm³/mol. The van der Waals surface area contributed by atoms with Crippen LogP contribution < -0.4 is 10.9 Å². The van der Waals surface area contributed by atoms with Crippen molar-refractivity contribution in [1.29, 1.82) is 0 Å². The molecule has 4 rings (SSSR count). The lowest BCUT2D eigenvalue weighted by atomic mass is 9.92. The Labute approximate surface area is 138 Å². The average molecular weight is 326 g/mol. The minimum Gasteiger partial charge on any atom is -0.353 e. The normalized spacial score (nSPS) is 16.7. The Morgan fingerprint density at radius 2 is 1.96 bits per heavy atom. The van der Waals surface area contributed by atoms with E-state index in [0.717, 1.165) is 5.13 Å². The summed E-state index contributed by atoms with van der Waals surface area (Å²) < 4.78 is 1.36. The van der Waals surface area contributed by atoms with Crippen LogP contribution in [0.2, 0.25) is 0 Å². The molecule has 23 heavy (non-hydrogen) atoms. The second-order valence-corrected chi connectivity index (χ2v) is 6.92. The van der Waals surface area contributed by atoms with Gasteiger partial charge in [-0.1, -0.05) is 54.5 Å². The highest BCUT2D eigenvalue weighted by Gasteiger charge is 2.27. The summed E-state index contributed by atoms with van der Waals surface area (Å²) in [5.74, 6) is 0.606. The van der Waals surface area contributed by atoms with Gasteiger partial charge in [0.05, 0.1) is 6.04 Å². The Hall–Kier alpha value is -2.21. The lowest BCUT2D eigenvalue weighted by molar-refractivity contribution is 0.469. The third-order valence-electron chi connectivity index (χ3n) is 4.48. The average Bonchev–Trinajstić information content (AvgIpc) is 3.23. The molecule has 0 aliphatic heterocycles. The van der Waals surface area contributed by atoms with Gasteiger partial charge in [0, 0.05) is 12.3 Å². The van der Waals surface area contributed by atoms with Gasteiger partial charge in [-0.25, -0.2) is 4.98 Å². The molecule has 2 heterocycles. The number of fused-ring (bicyclic) bond motifs is 1. The van der Waals surface area contributed by atoms with Crippen LogP contribution >= 0.6 is 11.3 Å². The Balaban J connectivity index is 1.68. The van der Waals surface area contributed by atoms with Gasteiger partial charge in [-0.2, -0.15) is 4.52 Å². The molecular weight excluding hydrogens is 308 g/mol. The third kappa shape index (κ3) is 2.86. The van der Waals surface area contributed by atoms with Gasteiger partial charge in [-0.3, -0.25) is 4.79 Å². The summed E-state index contributed by atoms with van der Waals surface area (Å²) in [4.78, 5) is 16.7. The molecular formula is C17H18N4OS. The Bertz CT molecular complexity index is 852. The molecule has 0 radical (unpaired) electrons. The van der Waals surface area contributed by atoms with Crippen molar-refractivity contribution in [2.75, 3.05) is 5.32 Å². The number of hydrogen-bond donors (Lipinski definition) is 1. The summed E-state index contributed by atoms with van der Waals surface area (Å²) in [5, 5.41) is 8.71. The highest BCUT2D eigenvalue weighted by molar-refractivity contribution is 7.20. The molecule has 118 valence electrons. The van der Waals surface area contributed by atoms with Gasteiger partial charge in [-0.15, -0.1) is 5.10 Å². The molecule has 1 aliphatic rings. The van der Waals surface area contributed by atoms with Crippen molar-refractivity contribution in [3.05, 3.63) is 58.5 Å². The van der Waals surface area contributed by atoms with Gasteiger partial charge in [0.1, 0.15) is 0 Å². The van der Waals surface area contributed by atoms with E-state index in [2.05, 4.69) is 39.7 Å². The van der Waals surface area contributed by atoms with Crippen molar-refractivity contribution >= 4 is 21.4 Å². The number of anilines is 1. The third-order valence-corrected chi connectivity index (χ3v) is 5.33. The summed E-state index contributed by atoms with van der Waals surface area (Å²) in [6.07, 6.45) is 6.57. The minimum atomic E-state index is -0.142. The van der Waals surface area contributed by atoms with E-state index in [9.17, 15) is 4.79 Å². The SMILES string of the molecule is O=c1ccnc2sc(NC(c3ccccc3)C3CCCC3)nn12. The molecule has 1 N–H and O–H groups in total. The zero-order chi connectivity index (χ0) is 15.6. The van der Waals surface area contributed by atoms with Crippen molar-refractivity contribution in [3.63, 3.8) is 0 Å². The number of nitrogens with zero attached hydrogens (tertiary/aromatic N) is 3. The zero-order valence-corrected chi connectivity index (χ0v) is 13.5. The molecule has 1 unspecified atom stereocenters. The van der Waals surface area contributed by atoms with Crippen LogP contribution in [0.15, 0.2) is 47.4 Å². The summed E-state index contributed by atoms with van der Waals surface area (Å²) in [6.45, 7) is 0. The lowest BCUT2D eigenvalue weighted by Gasteiger charge is -2.24. The summed E-state index contributed by atoms with van der Waals surface area (Å²) in [5.41, 5.74) is 1.13. The number of aromatic nitrogens is 3. The summed E-state index contributed by atoms with van der Waals surface area (Å²) >= 11 is 1.42. The molecule has 0 amide bonds. The monoisotopic (exact) mass is 326 g/mol. The fourth-order valence-electron chi connectivity index (χ4n) is 3.36. The fourth-order valence-corrected chi connectivity index (χ4v) is 4.17. The van der Waals surface area contributed by atoms with Gasteiger partial charge < -0.3 is 5.32 Å². The zero-order valence-electron chi connectivity index (χ0n) is 12.7. The maximum absolute atomic E-state index is 11.8. The van der Waals surface area contributed by atoms with Gasteiger partial charge in [0.15, 0.2) is 0 Å². The quantitative estimate of drug-likeness (QED) is 0.797. The number of hydrogen-bond acceptors (Lipinski definition) is 5. The van der Waals surface area contributed by atoms with Crippen LogP contribution in [0.25, 0.3) is 4.96 Å². The Kier molecular flexibility index (Phi) is 3.83. The van der Waals surface area contributed by atoms with Crippen LogP contribution in [-0.4, -0.2) is 14.6 Å². The van der Waals surface area contributed by atoms with Gasteiger partial charge in [0.2, 0.25) is 10.1 Å². The number of rotatable bonds is 4. The molecule has 6 heteroatoms. The van der Waals surface area contributed by atoms with E-state index in [4.69, 9.17) is 0 Å². The smallest absolute Gasteiger partial charge is 0.275 e. The highest BCUT2D eigenvalue weighted by Crippen LogP contribution is 2.38. The minimum absolute atomic E-state index is 0.142. The molecule has 1 aliphatic carbocycles. The predicted octanol–water partition coefficient (Wildman–Crippen LogP) is 3.49. The summed E-state index contributed by atoms with van der Waals surface area (Å²) in [6, 6.07) is 12.2. The Morgan fingerprint density at radius 1 is 1.17 bits per heavy atom. The van der Waals surface area contributed by atoms with Crippen LogP contribution in [0.4, 0.5) is 5.13 Å². The highest BCUT2D eigenvalue weighted by atomic mass is 32.1. The first-order valence-corrected chi connectivity index (χ1v) is 8.79. The van der Waals surface area contributed by atoms with Crippen molar-refractivity contribution in [2.24, 2.45) is 5.92 Å². The maximum atomic E-state index is 11.8. The van der Waals surface area contributed by atoms with Crippen LogP contribution in [0.5, 0.6) is 0 Å². The van der Waals surface area contributed by atoms with Gasteiger partial charge in [-0.05, 0) is 24.3 Å². The van der Waals surface area contributed by atoms with E-state index < -0.39 is 0 Å². The standard InChI is InChI=1S/C17H18N4OS/c22-14-10-11-18-17-21(14)20-16(23-17)19-15(13-8-4-5-9-13)12-6-2-1-3-7-12/h1-3,6-7,10-11,13,15H,4-5,8-9H2,(H,19,20). The molecule has 0 spiro atoms. The Morgan fingerprint density at radius 3 is 2.70 bits per heavy atom. The van der Waals surface area contributed by atoms with Crippen molar-refractivity contribution in [3.8, 4) is 0 Å². The molecule has 0 saturated heterocycles. The fraction of sp³-hybridized carbons (Fsp3) is 0.353. The van der Waals surface area contributed by atoms with E-state index in [-0.39, 0.29) is 11.6 Å². The van der Waals surface area contributed by atoms with Crippen LogP contribution in [0.1, 0.15) is 37.3 Å². The van der Waals surface area contributed by atoms with E-state index in [1.807, 2.05) is 6.07 Å². The van der Waals surface area contributed by atoms with Crippen molar-refractivity contribution in [1.82, 2.24) is 14.6 Å². The maximum Gasteiger partial charge on any atom is 0.275 e. The number of nitrogens with one attached hydrogen (secondary N) is 1. The number of benzene rings is 1. The molecule has 2 aromatic heterocycles. The largest absolute Gasteiger partial charge is 0.353 e. The first kappa shape index (κ1) is 14.4. The molecule has 3 aromatic rings. The molecule has 1 aromatic carbocycles. The molecule has 5 nitrogen and oxygen atoms in total. The topological polar surface area (TPSA) is 59.3 Å². The second kappa shape index (κ2) is 6.12. The van der Waals surface area contributed by atoms with E-state index in [0.29, 0.717) is 10.9 Å². The van der Waals surface area contributed by atoms with E-state index in [1.54, 1.807) is 0 Å². The molecule has 1 saturated carbocycles. The van der Waals surface area contributed by atoms with Crippen LogP contribution in [-0.2, 0) is 0 Å². The first-order valence-electron chi connectivity index (χ1n) is 7.97. The molecule has 1 atom stereocenters. The van der Waals surface area contributed by atoms with Crippen LogP contribution in [0.3, 0.4) is 0 Å². The second-order valence-electron chi connectivity index (χ2n) is 5.96. The molecule has 0 bridgehead atoms. The first-order chi connectivity index (χ1) is 11.3. The van der Waals surface area contributed by atoms with Crippen molar-refractivity contribution in [2.45, 2.75) is 31.7 Å². The van der Waals surface area contributed by atoms with Gasteiger partial charge >= 0.3 is 0 Å². The van der Waals surface area contributed by atoms with E-state index in [1.165, 1.54) is 59.4 Å². The summed E-state index contributed by atoms with van der Waals surface area (Å²) in [7, 11) is 0. The van der Waals surface area contributed by atoms with E-state index >= 15 is 0 Å². The lowest BCUT2D eigenvalue weighted by Crippen LogP contribution is -2.19. The molecule has 1 fully saturated rings. The van der Waals surface area contributed by atoms with Crippen molar-refractivity contribution < 1.29 is 0 Å².